The van der Waals surface area contributed by atoms with E-state index in [1.54, 1.807) is 12.1 Å². The Labute approximate surface area is 193 Å². The number of halogens is 1. The third-order valence-electron chi connectivity index (χ3n) is 5.40. The molecule has 4 N–H and O–H groups in total. The Kier molecular flexibility index (Phi) is 8.45. The second-order valence-electron chi connectivity index (χ2n) is 8.09. The maximum atomic E-state index is 11.9. The number of nitrogens with one attached hydrogen (secondary N) is 3. The SMILES string of the molecule is CCCCNc1c(Nc2ccc(CC(C)NCC(O)c3cccc(Cl)c3)cc2)c(=O)c1=O. The topological polar surface area (TPSA) is 90.5 Å². The van der Waals surface area contributed by atoms with E-state index in [1.165, 1.54) is 0 Å². The number of rotatable bonds is 12. The molecule has 6 nitrogen and oxygen atoms in total. The third-order valence-corrected chi connectivity index (χ3v) is 5.64. The molecule has 0 heterocycles. The van der Waals surface area contributed by atoms with Crippen molar-refractivity contribution in [3.63, 3.8) is 0 Å². The normalized spacial score (nSPS) is 13.1. The molecule has 0 saturated carbocycles. The first-order valence-electron chi connectivity index (χ1n) is 11.0. The van der Waals surface area contributed by atoms with Crippen molar-refractivity contribution in [3.8, 4) is 0 Å². The van der Waals surface area contributed by atoms with Crippen molar-refractivity contribution < 1.29 is 5.11 Å². The maximum absolute atomic E-state index is 11.9. The number of hydrogen-bond donors (Lipinski definition) is 4. The predicted molar refractivity (Wildman–Crippen MR) is 132 cm³/mol. The Morgan fingerprint density at radius 3 is 2.44 bits per heavy atom. The van der Waals surface area contributed by atoms with E-state index in [0.29, 0.717) is 29.5 Å². The van der Waals surface area contributed by atoms with Gasteiger partial charge in [0.05, 0.1) is 6.10 Å². The number of unbranched alkanes of at least 4 members (excludes halogenated alkanes) is 1. The first kappa shape index (κ1) is 24.0. The summed E-state index contributed by atoms with van der Waals surface area (Å²) in [6, 6.07) is 15.2. The lowest BCUT2D eigenvalue weighted by Crippen LogP contribution is -2.36. The van der Waals surface area contributed by atoms with Crippen LogP contribution in [0.15, 0.2) is 58.1 Å². The van der Waals surface area contributed by atoms with Gasteiger partial charge in [-0.2, -0.15) is 0 Å². The molecular formula is C25H30ClN3O3. The van der Waals surface area contributed by atoms with Crippen LogP contribution in [0.25, 0.3) is 0 Å². The van der Waals surface area contributed by atoms with E-state index in [-0.39, 0.29) is 6.04 Å². The van der Waals surface area contributed by atoms with Gasteiger partial charge < -0.3 is 21.1 Å². The molecule has 0 aliphatic carbocycles. The zero-order valence-corrected chi connectivity index (χ0v) is 19.2. The van der Waals surface area contributed by atoms with Gasteiger partial charge in [-0.1, -0.05) is 49.2 Å². The van der Waals surface area contributed by atoms with Crippen molar-refractivity contribution in [2.24, 2.45) is 0 Å². The van der Waals surface area contributed by atoms with Gasteiger partial charge in [0.2, 0.25) is 0 Å². The summed E-state index contributed by atoms with van der Waals surface area (Å²) in [5, 5.41) is 20.4. The van der Waals surface area contributed by atoms with Crippen molar-refractivity contribution in [3.05, 3.63) is 85.1 Å². The first-order valence-corrected chi connectivity index (χ1v) is 11.4. The molecule has 0 spiro atoms. The molecule has 7 heteroatoms. The van der Waals surface area contributed by atoms with Crippen LogP contribution in [0.5, 0.6) is 0 Å². The third kappa shape index (κ3) is 6.19. The average molecular weight is 456 g/mol. The highest BCUT2D eigenvalue weighted by atomic mass is 35.5. The van der Waals surface area contributed by atoms with Gasteiger partial charge in [-0.25, -0.2) is 0 Å². The molecule has 2 unspecified atom stereocenters. The van der Waals surface area contributed by atoms with E-state index < -0.39 is 17.0 Å². The van der Waals surface area contributed by atoms with Crippen LogP contribution in [0.3, 0.4) is 0 Å². The van der Waals surface area contributed by atoms with E-state index in [9.17, 15) is 14.7 Å². The van der Waals surface area contributed by atoms with Crippen molar-refractivity contribution in [2.75, 3.05) is 23.7 Å². The summed E-state index contributed by atoms with van der Waals surface area (Å²) in [6.07, 6.45) is 2.11. The summed E-state index contributed by atoms with van der Waals surface area (Å²) >= 11 is 5.99. The predicted octanol–water partition coefficient (Wildman–Crippen LogP) is 4.15. The Hall–Kier alpha value is -2.67. The van der Waals surface area contributed by atoms with Gasteiger partial charge in [-0.3, -0.25) is 9.59 Å². The van der Waals surface area contributed by atoms with Crippen LogP contribution in [0.4, 0.5) is 17.1 Å². The monoisotopic (exact) mass is 455 g/mol. The molecule has 3 aromatic rings. The van der Waals surface area contributed by atoms with Gasteiger partial charge in [0.25, 0.3) is 10.9 Å². The van der Waals surface area contributed by atoms with Gasteiger partial charge in [-0.05, 0) is 55.2 Å². The molecule has 0 saturated heterocycles. The molecule has 0 radical (unpaired) electrons. The second-order valence-corrected chi connectivity index (χ2v) is 8.53. The molecular weight excluding hydrogens is 426 g/mol. The lowest BCUT2D eigenvalue weighted by atomic mass is 10.1. The average Bonchev–Trinajstić information content (AvgIpc) is 2.80. The number of hydrogen-bond acceptors (Lipinski definition) is 6. The van der Waals surface area contributed by atoms with Gasteiger partial charge in [0, 0.05) is 29.8 Å². The molecule has 0 amide bonds. The largest absolute Gasteiger partial charge is 0.387 e. The zero-order chi connectivity index (χ0) is 23.1. The standard InChI is InChI=1S/C25H30ClN3O3/c1-3-4-12-27-22-23(25(32)24(22)31)29-20-10-8-17(9-11-20)13-16(2)28-15-21(30)18-6-5-7-19(26)14-18/h5-11,14,16,21,27-30H,3-4,12-13,15H2,1-2H3. The van der Waals surface area contributed by atoms with Crippen LogP contribution < -0.4 is 26.8 Å². The molecule has 170 valence electrons. The number of aliphatic hydroxyl groups excluding tert-OH is 1. The van der Waals surface area contributed by atoms with Crippen molar-refractivity contribution in [2.45, 2.75) is 45.3 Å². The molecule has 0 aliphatic rings. The number of anilines is 3. The Balaban J connectivity index is 1.51. The van der Waals surface area contributed by atoms with Crippen LogP contribution in [0.2, 0.25) is 5.02 Å². The highest BCUT2D eigenvalue weighted by Crippen LogP contribution is 2.22. The van der Waals surface area contributed by atoms with Gasteiger partial charge >= 0.3 is 0 Å². The second kappa shape index (κ2) is 11.3. The fraction of sp³-hybridized carbons (Fsp3) is 0.360. The molecule has 0 aromatic heterocycles. The summed E-state index contributed by atoms with van der Waals surface area (Å²) in [6.45, 7) is 5.24. The number of benzene rings is 2. The minimum Gasteiger partial charge on any atom is -0.387 e. The molecule has 2 atom stereocenters. The fourth-order valence-electron chi connectivity index (χ4n) is 3.51. The van der Waals surface area contributed by atoms with E-state index >= 15 is 0 Å². The minimum absolute atomic E-state index is 0.158. The van der Waals surface area contributed by atoms with Crippen molar-refractivity contribution >= 4 is 28.7 Å². The van der Waals surface area contributed by atoms with E-state index in [2.05, 4.69) is 29.8 Å². The number of aliphatic hydroxyl groups is 1. The quantitative estimate of drug-likeness (QED) is 0.242. The van der Waals surface area contributed by atoms with Crippen LogP contribution in [-0.2, 0) is 6.42 Å². The smallest absolute Gasteiger partial charge is 0.253 e. The van der Waals surface area contributed by atoms with Crippen LogP contribution in [-0.4, -0.2) is 24.2 Å². The minimum atomic E-state index is -0.626. The highest BCUT2D eigenvalue weighted by molar-refractivity contribution is 6.30. The molecule has 0 fully saturated rings. The summed E-state index contributed by atoms with van der Waals surface area (Å²) in [7, 11) is 0. The van der Waals surface area contributed by atoms with Gasteiger partial charge in [0.15, 0.2) is 0 Å². The lowest BCUT2D eigenvalue weighted by Gasteiger charge is -2.18. The van der Waals surface area contributed by atoms with Crippen LogP contribution in [0.1, 0.15) is 43.9 Å². The Bertz CT molecular complexity index is 1090. The Morgan fingerprint density at radius 1 is 1.03 bits per heavy atom. The van der Waals surface area contributed by atoms with E-state index in [0.717, 1.165) is 36.1 Å². The zero-order valence-electron chi connectivity index (χ0n) is 18.5. The van der Waals surface area contributed by atoms with Gasteiger partial charge in [-0.15, -0.1) is 0 Å². The summed E-state index contributed by atoms with van der Waals surface area (Å²) in [5.41, 5.74) is 2.45. The molecule has 0 aliphatic heterocycles. The summed E-state index contributed by atoms with van der Waals surface area (Å²) in [4.78, 5) is 23.7. The molecule has 3 aromatic carbocycles. The maximum Gasteiger partial charge on any atom is 0.253 e. The molecule has 3 rings (SSSR count). The first-order chi connectivity index (χ1) is 15.4. The van der Waals surface area contributed by atoms with Gasteiger partial charge in [0.1, 0.15) is 11.4 Å². The molecule has 32 heavy (non-hydrogen) atoms. The highest BCUT2D eigenvalue weighted by Gasteiger charge is 2.20. The van der Waals surface area contributed by atoms with Crippen molar-refractivity contribution in [1.82, 2.24) is 5.32 Å². The van der Waals surface area contributed by atoms with Crippen LogP contribution >= 0.6 is 11.6 Å². The summed E-state index contributed by atoms with van der Waals surface area (Å²) < 4.78 is 0. The lowest BCUT2D eigenvalue weighted by molar-refractivity contribution is 0.170. The Morgan fingerprint density at radius 2 is 1.75 bits per heavy atom. The molecule has 0 bridgehead atoms. The van der Waals surface area contributed by atoms with E-state index in [4.69, 9.17) is 11.6 Å². The van der Waals surface area contributed by atoms with Crippen molar-refractivity contribution in [1.29, 1.82) is 0 Å². The van der Waals surface area contributed by atoms with Crippen LogP contribution in [0, 0.1) is 0 Å². The summed E-state index contributed by atoms with van der Waals surface area (Å²) in [5.74, 6) is 0. The fourth-order valence-corrected chi connectivity index (χ4v) is 3.71. The van der Waals surface area contributed by atoms with E-state index in [1.807, 2.05) is 36.4 Å².